The van der Waals surface area contributed by atoms with Crippen LogP contribution >= 0.6 is 0 Å². The van der Waals surface area contributed by atoms with Crippen LogP contribution in [0.4, 0.5) is 0 Å². The predicted molar refractivity (Wildman–Crippen MR) is 188 cm³/mol. The zero-order valence-electron chi connectivity index (χ0n) is 30.7. The van der Waals surface area contributed by atoms with Crippen LogP contribution in [0, 0.1) is 39.9 Å². The van der Waals surface area contributed by atoms with Gasteiger partial charge in [-0.2, -0.15) is 0 Å². The zero-order valence-corrected chi connectivity index (χ0v) is 32.7. The third kappa shape index (κ3) is 5.91. The Balaban J connectivity index is 1.48. The van der Waals surface area contributed by atoms with E-state index in [9.17, 15) is 0 Å². The molecule has 0 aromatic carbocycles. The van der Waals surface area contributed by atoms with E-state index in [-0.39, 0.29) is 15.9 Å². The van der Waals surface area contributed by atoms with Gasteiger partial charge in [0, 0.05) is 12.0 Å². The minimum absolute atomic E-state index is 0.0878. The molecule has 0 spiro atoms. The van der Waals surface area contributed by atoms with Gasteiger partial charge >= 0.3 is 0 Å². The molecule has 0 amide bonds. The monoisotopic (exact) mass is 614 g/mol. The number of fused-ring (bicyclic) bond motifs is 5. The minimum Gasteiger partial charge on any atom is -0.417 e. The summed E-state index contributed by atoms with van der Waals surface area (Å²) in [4.78, 5) is 0. The van der Waals surface area contributed by atoms with Crippen LogP contribution in [-0.4, -0.2) is 29.3 Å². The van der Waals surface area contributed by atoms with Crippen LogP contribution in [0.15, 0.2) is 23.3 Å². The van der Waals surface area contributed by atoms with Crippen molar-refractivity contribution in [1.82, 2.24) is 0 Å². The molecule has 4 aliphatic carbocycles. The number of hydrogen-bond donors (Lipinski definition) is 0. The van der Waals surface area contributed by atoms with E-state index in [1.165, 1.54) is 51.4 Å². The topological polar surface area (TPSA) is 18.5 Å². The van der Waals surface area contributed by atoms with Crippen molar-refractivity contribution in [3.8, 4) is 0 Å². The Labute approximate surface area is 264 Å². The number of rotatable bonds is 8. The van der Waals surface area contributed by atoms with Crippen LogP contribution in [0.25, 0.3) is 0 Å². The smallest absolute Gasteiger partial charge is 0.192 e. The van der Waals surface area contributed by atoms with Crippen LogP contribution in [0.5, 0.6) is 0 Å². The summed E-state index contributed by atoms with van der Waals surface area (Å²) in [5, 5.41) is 0.549. The fourth-order valence-corrected chi connectivity index (χ4v) is 12.1. The summed E-state index contributed by atoms with van der Waals surface area (Å²) in [6, 6.07) is 0. The highest BCUT2D eigenvalue weighted by atomic mass is 28.4. The predicted octanol–water partition coefficient (Wildman–Crippen LogP) is 12.0. The number of allylic oxidation sites excluding steroid dienone is 3. The molecular formula is C38H70O2Si2. The van der Waals surface area contributed by atoms with Gasteiger partial charge < -0.3 is 8.85 Å². The highest BCUT2D eigenvalue weighted by Gasteiger charge is 2.60. The van der Waals surface area contributed by atoms with Crippen LogP contribution in [0.3, 0.4) is 0 Å². The second-order valence-corrected chi connectivity index (χ2v) is 28.9. The van der Waals surface area contributed by atoms with Gasteiger partial charge in [-0.25, -0.2) is 0 Å². The highest BCUT2D eigenvalue weighted by molar-refractivity contribution is 6.74. The first kappa shape index (κ1) is 34.7. The molecule has 0 radical (unpaired) electrons. The van der Waals surface area contributed by atoms with Crippen molar-refractivity contribution in [3.63, 3.8) is 0 Å². The molecule has 0 aromatic heterocycles. The van der Waals surface area contributed by atoms with Crippen LogP contribution in [-0.2, 0) is 8.85 Å². The summed E-state index contributed by atoms with van der Waals surface area (Å²) in [6.07, 6.45) is 16.2. The molecule has 0 saturated heterocycles. The molecular weight excluding hydrogens is 545 g/mol. The van der Waals surface area contributed by atoms with E-state index in [4.69, 9.17) is 8.85 Å². The highest BCUT2D eigenvalue weighted by Crippen LogP contribution is 2.68. The van der Waals surface area contributed by atoms with Gasteiger partial charge in [0.1, 0.15) is 0 Å². The molecule has 7 atom stereocenters. The van der Waals surface area contributed by atoms with E-state index in [0.29, 0.717) is 16.6 Å². The van der Waals surface area contributed by atoms with Gasteiger partial charge in [0.15, 0.2) is 16.6 Å². The lowest BCUT2D eigenvalue weighted by molar-refractivity contribution is -0.0114. The van der Waals surface area contributed by atoms with Crippen molar-refractivity contribution in [1.29, 1.82) is 0 Å². The second-order valence-electron chi connectivity index (χ2n) is 19.4. The quantitative estimate of drug-likeness (QED) is 0.200. The van der Waals surface area contributed by atoms with Crippen LogP contribution < -0.4 is 0 Å². The lowest BCUT2D eigenvalue weighted by Gasteiger charge is -2.60. The summed E-state index contributed by atoms with van der Waals surface area (Å²) in [7, 11) is -3.47. The van der Waals surface area contributed by atoms with Crippen molar-refractivity contribution in [3.05, 3.63) is 23.3 Å². The Morgan fingerprint density at radius 2 is 1.43 bits per heavy atom. The van der Waals surface area contributed by atoms with Crippen molar-refractivity contribution < 1.29 is 8.85 Å². The summed E-state index contributed by atoms with van der Waals surface area (Å²) in [5.74, 6) is 3.12. The van der Waals surface area contributed by atoms with E-state index in [2.05, 4.69) is 115 Å². The van der Waals surface area contributed by atoms with Gasteiger partial charge in [0.2, 0.25) is 0 Å². The number of hydrogen-bond acceptors (Lipinski definition) is 2. The standard InChI is InChI=1S/C38H70O2Si2/c1-27(17-16-26-39-41(12,13)34(2,3)4)29-19-20-30-28-18-21-32-36(8,9)33(40-42(14,15)35(5,6)7)23-25-38(32,11)31(28)22-24-37(29,30)10/h18,21,27,29-31,33H,16-17,19-20,22-26H2,1-15H3/t27-,29-,30+,31+,33+,37-,38-/m1/s1. The third-order valence-electron chi connectivity index (χ3n) is 14.4. The van der Waals surface area contributed by atoms with Crippen molar-refractivity contribution >= 4 is 16.6 Å². The lowest BCUT2D eigenvalue weighted by Crippen LogP contribution is -2.55. The molecule has 4 heteroatoms. The fourth-order valence-electron chi connectivity index (χ4n) is 9.56. The molecule has 0 aromatic rings. The van der Waals surface area contributed by atoms with Crippen molar-refractivity contribution in [2.75, 3.05) is 6.61 Å². The Morgan fingerprint density at radius 1 is 0.810 bits per heavy atom. The average Bonchev–Trinajstić information content (AvgIpc) is 3.19. The molecule has 0 aliphatic heterocycles. The molecule has 0 heterocycles. The lowest BCUT2D eigenvalue weighted by atomic mass is 9.46. The minimum atomic E-state index is -1.82. The Bertz CT molecular complexity index is 1050. The third-order valence-corrected chi connectivity index (χ3v) is 23.5. The normalized spacial score (nSPS) is 36.0. The van der Waals surface area contributed by atoms with Crippen molar-refractivity contribution in [2.45, 2.75) is 170 Å². The summed E-state index contributed by atoms with van der Waals surface area (Å²) < 4.78 is 13.7. The summed E-state index contributed by atoms with van der Waals surface area (Å²) in [5.41, 5.74) is 4.34. The van der Waals surface area contributed by atoms with Gasteiger partial charge in [0.05, 0.1) is 6.10 Å². The van der Waals surface area contributed by atoms with E-state index in [1.54, 1.807) is 5.57 Å². The average molecular weight is 615 g/mol. The van der Waals surface area contributed by atoms with Gasteiger partial charge in [-0.15, -0.1) is 0 Å². The van der Waals surface area contributed by atoms with Crippen LogP contribution in [0.2, 0.25) is 36.3 Å². The fraction of sp³-hybridized carbons (Fsp3) is 0.895. The Hall–Kier alpha value is -0.166. The molecule has 3 saturated carbocycles. The molecule has 42 heavy (non-hydrogen) atoms. The zero-order chi connectivity index (χ0) is 31.7. The molecule has 3 fully saturated rings. The molecule has 0 unspecified atom stereocenters. The maximum Gasteiger partial charge on any atom is 0.192 e. The molecule has 0 N–H and O–H groups in total. The first-order valence-electron chi connectivity index (χ1n) is 17.7. The van der Waals surface area contributed by atoms with Gasteiger partial charge in [-0.1, -0.05) is 99.5 Å². The SMILES string of the molecule is C[C@H](CCCO[Si](C)(C)C(C)(C)C)[C@H]1CC[C@H]2C3=CC=C4C(C)(C)[C@@H](O[Si](C)(C)C(C)(C)C)CC[C@]4(C)[C@H]3CC[C@]12C. The molecule has 242 valence electrons. The van der Waals surface area contributed by atoms with E-state index < -0.39 is 16.6 Å². The van der Waals surface area contributed by atoms with Crippen LogP contribution in [0.1, 0.15) is 128 Å². The first-order chi connectivity index (χ1) is 19.0. The first-order valence-corrected chi connectivity index (χ1v) is 23.6. The van der Waals surface area contributed by atoms with Gasteiger partial charge in [-0.3, -0.25) is 0 Å². The van der Waals surface area contributed by atoms with Crippen molar-refractivity contribution in [2.24, 2.45) is 39.9 Å². The molecule has 4 rings (SSSR count). The molecule has 2 nitrogen and oxygen atoms in total. The molecule has 0 bridgehead atoms. The van der Waals surface area contributed by atoms with Gasteiger partial charge in [-0.05, 0) is 122 Å². The molecule has 4 aliphatic rings. The Morgan fingerprint density at radius 3 is 2.02 bits per heavy atom. The van der Waals surface area contributed by atoms with E-state index in [1.807, 2.05) is 5.57 Å². The van der Waals surface area contributed by atoms with Gasteiger partial charge in [0.25, 0.3) is 0 Å². The van der Waals surface area contributed by atoms with E-state index >= 15 is 0 Å². The van der Waals surface area contributed by atoms with E-state index in [0.717, 1.165) is 30.3 Å². The summed E-state index contributed by atoms with van der Waals surface area (Å²) >= 11 is 0. The largest absolute Gasteiger partial charge is 0.417 e. The second kappa shape index (κ2) is 11.3. The maximum atomic E-state index is 7.16. The Kier molecular flexibility index (Phi) is 9.31. The summed E-state index contributed by atoms with van der Waals surface area (Å²) in [6.45, 7) is 37.7. The maximum absolute atomic E-state index is 7.16.